The molecule has 2 rings (SSSR count). The highest BCUT2D eigenvalue weighted by Gasteiger charge is 2.35. The summed E-state index contributed by atoms with van der Waals surface area (Å²) >= 11 is 0. The lowest BCUT2D eigenvalue weighted by molar-refractivity contribution is -0.136. The first-order valence-electron chi connectivity index (χ1n) is 7.40. The lowest BCUT2D eigenvalue weighted by Gasteiger charge is -2.26. The molecular formula is C16H24N2O2. The molecule has 0 spiro atoms. The van der Waals surface area contributed by atoms with Gasteiger partial charge in [-0.1, -0.05) is 37.3 Å². The zero-order chi connectivity index (χ0) is 14.4. The second kappa shape index (κ2) is 7.41. The fraction of sp³-hybridized carbons (Fsp3) is 0.562. The monoisotopic (exact) mass is 276 g/mol. The van der Waals surface area contributed by atoms with Crippen LogP contribution in [0, 0.1) is 5.92 Å². The average molecular weight is 276 g/mol. The van der Waals surface area contributed by atoms with Crippen LogP contribution >= 0.6 is 0 Å². The minimum absolute atomic E-state index is 0.0568. The van der Waals surface area contributed by atoms with Crippen LogP contribution in [0.25, 0.3) is 0 Å². The van der Waals surface area contributed by atoms with Gasteiger partial charge in [0.15, 0.2) is 0 Å². The van der Waals surface area contributed by atoms with Crippen LogP contribution in [0.2, 0.25) is 0 Å². The van der Waals surface area contributed by atoms with Crippen LogP contribution in [0.15, 0.2) is 30.3 Å². The van der Waals surface area contributed by atoms with Gasteiger partial charge in [0.05, 0.1) is 19.1 Å². The summed E-state index contributed by atoms with van der Waals surface area (Å²) in [4.78, 5) is 14.6. The lowest BCUT2D eigenvalue weighted by Crippen LogP contribution is -2.45. The lowest BCUT2D eigenvalue weighted by atomic mass is 10.0. The quantitative estimate of drug-likeness (QED) is 0.859. The summed E-state index contributed by atoms with van der Waals surface area (Å²) in [6, 6.07) is 10.3. The summed E-state index contributed by atoms with van der Waals surface area (Å²) in [5.41, 5.74) is 1.17. The number of hydrogen-bond donors (Lipinski definition) is 1. The van der Waals surface area contributed by atoms with E-state index in [4.69, 9.17) is 4.74 Å². The van der Waals surface area contributed by atoms with Crippen molar-refractivity contribution in [1.82, 2.24) is 10.2 Å². The van der Waals surface area contributed by atoms with Gasteiger partial charge in [-0.15, -0.1) is 0 Å². The van der Waals surface area contributed by atoms with E-state index in [-0.39, 0.29) is 17.9 Å². The first-order chi connectivity index (χ1) is 9.76. The van der Waals surface area contributed by atoms with Gasteiger partial charge in [0.2, 0.25) is 5.91 Å². The zero-order valence-electron chi connectivity index (χ0n) is 12.3. The molecule has 20 heavy (non-hydrogen) atoms. The molecule has 4 nitrogen and oxygen atoms in total. The Bertz CT molecular complexity index is 422. The van der Waals surface area contributed by atoms with Crippen LogP contribution in [0.4, 0.5) is 0 Å². The Labute approximate surface area is 121 Å². The molecule has 1 heterocycles. The predicted molar refractivity (Wildman–Crippen MR) is 79.3 cm³/mol. The van der Waals surface area contributed by atoms with Gasteiger partial charge in [-0.05, 0) is 19.0 Å². The third-order valence-electron chi connectivity index (χ3n) is 3.77. The molecule has 2 unspecified atom stereocenters. The van der Waals surface area contributed by atoms with Gasteiger partial charge in [-0.2, -0.15) is 0 Å². The van der Waals surface area contributed by atoms with Crippen molar-refractivity contribution in [2.45, 2.75) is 26.4 Å². The van der Waals surface area contributed by atoms with Crippen molar-refractivity contribution in [3.05, 3.63) is 35.9 Å². The Morgan fingerprint density at radius 2 is 2.05 bits per heavy atom. The summed E-state index contributed by atoms with van der Waals surface area (Å²) in [5, 5.41) is 3.35. The van der Waals surface area contributed by atoms with Crippen molar-refractivity contribution in [2.75, 3.05) is 26.3 Å². The van der Waals surface area contributed by atoms with Crippen molar-refractivity contribution >= 4 is 5.91 Å². The molecule has 0 radical (unpaired) electrons. The van der Waals surface area contributed by atoms with E-state index in [1.54, 1.807) is 0 Å². The first-order valence-corrected chi connectivity index (χ1v) is 7.40. The molecule has 1 aliphatic rings. The van der Waals surface area contributed by atoms with E-state index in [0.717, 1.165) is 13.1 Å². The predicted octanol–water partition coefficient (Wildman–Crippen LogP) is 1.66. The van der Waals surface area contributed by atoms with Crippen LogP contribution < -0.4 is 5.32 Å². The van der Waals surface area contributed by atoms with Crippen LogP contribution in [0.1, 0.15) is 19.4 Å². The number of amides is 1. The molecular weight excluding hydrogens is 252 g/mol. The first kappa shape index (κ1) is 15.0. The highest BCUT2D eigenvalue weighted by Crippen LogP contribution is 2.18. The molecule has 1 N–H and O–H groups in total. The molecule has 1 aromatic rings. The fourth-order valence-corrected chi connectivity index (χ4v) is 2.64. The SMILES string of the molecule is CCNC1COCC1C(=O)N(CC)Cc1ccccc1. The Hall–Kier alpha value is -1.39. The zero-order valence-corrected chi connectivity index (χ0v) is 12.3. The summed E-state index contributed by atoms with van der Waals surface area (Å²) in [7, 11) is 0. The van der Waals surface area contributed by atoms with E-state index in [1.807, 2.05) is 30.0 Å². The van der Waals surface area contributed by atoms with Gasteiger partial charge in [0, 0.05) is 19.1 Å². The standard InChI is InChI=1S/C16H24N2O2/c1-3-17-15-12-20-11-14(15)16(19)18(4-2)10-13-8-6-5-7-9-13/h5-9,14-15,17H,3-4,10-12H2,1-2H3. The van der Waals surface area contributed by atoms with E-state index in [9.17, 15) is 4.79 Å². The van der Waals surface area contributed by atoms with Crippen LogP contribution in [0.5, 0.6) is 0 Å². The molecule has 1 aliphatic heterocycles. The molecule has 1 aromatic carbocycles. The fourth-order valence-electron chi connectivity index (χ4n) is 2.64. The number of ether oxygens (including phenoxy) is 1. The number of carbonyl (C=O) groups excluding carboxylic acids is 1. The molecule has 2 atom stereocenters. The average Bonchev–Trinajstić information content (AvgIpc) is 2.94. The molecule has 1 fully saturated rings. The van der Waals surface area contributed by atoms with Gasteiger partial charge in [-0.25, -0.2) is 0 Å². The number of hydrogen-bond acceptors (Lipinski definition) is 3. The van der Waals surface area contributed by atoms with Gasteiger partial charge in [0.25, 0.3) is 0 Å². The Kier molecular flexibility index (Phi) is 5.56. The van der Waals surface area contributed by atoms with E-state index in [1.165, 1.54) is 5.56 Å². The molecule has 4 heteroatoms. The number of rotatable bonds is 6. The van der Waals surface area contributed by atoms with Gasteiger partial charge in [-0.3, -0.25) is 4.79 Å². The van der Waals surface area contributed by atoms with Crippen molar-refractivity contribution in [1.29, 1.82) is 0 Å². The maximum absolute atomic E-state index is 12.7. The van der Waals surface area contributed by atoms with Crippen molar-refractivity contribution in [3.63, 3.8) is 0 Å². The molecule has 0 bridgehead atoms. The summed E-state index contributed by atoms with van der Waals surface area (Å²) in [5.74, 6) is 0.137. The summed E-state index contributed by atoms with van der Waals surface area (Å²) in [6.45, 7) is 7.51. The molecule has 1 amide bonds. The normalized spacial score (nSPS) is 21.9. The molecule has 0 aliphatic carbocycles. The van der Waals surface area contributed by atoms with E-state index in [2.05, 4.69) is 24.4 Å². The minimum atomic E-state index is -0.0568. The number of nitrogens with zero attached hydrogens (tertiary/aromatic N) is 1. The maximum atomic E-state index is 12.7. The molecule has 1 saturated heterocycles. The van der Waals surface area contributed by atoms with Crippen LogP contribution in [-0.2, 0) is 16.1 Å². The highest BCUT2D eigenvalue weighted by atomic mass is 16.5. The summed E-state index contributed by atoms with van der Waals surface area (Å²) in [6.07, 6.45) is 0. The van der Waals surface area contributed by atoms with E-state index >= 15 is 0 Å². The maximum Gasteiger partial charge on any atom is 0.229 e. The Morgan fingerprint density at radius 3 is 2.70 bits per heavy atom. The van der Waals surface area contributed by atoms with Gasteiger partial charge >= 0.3 is 0 Å². The van der Waals surface area contributed by atoms with E-state index < -0.39 is 0 Å². The Morgan fingerprint density at radius 1 is 1.30 bits per heavy atom. The van der Waals surface area contributed by atoms with Gasteiger partial charge in [0.1, 0.15) is 0 Å². The number of carbonyl (C=O) groups is 1. The van der Waals surface area contributed by atoms with Crippen LogP contribution in [-0.4, -0.2) is 43.2 Å². The smallest absolute Gasteiger partial charge is 0.229 e. The molecule has 0 aromatic heterocycles. The Balaban J connectivity index is 2.01. The highest BCUT2D eigenvalue weighted by molar-refractivity contribution is 5.80. The minimum Gasteiger partial charge on any atom is -0.379 e. The van der Waals surface area contributed by atoms with Crippen LogP contribution in [0.3, 0.4) is 0 Å². The number of benzene rings is 1. The van der Waals surface area contributed by atoms with Gasteiger partial charge < -0.3 is 15.0 Å². The largest absolute Gasteiger partial charge is 0.379 e. The third-order valence-corrected chi connectivity index (χ3v) is 3.77. The topological polar surface area (TPSA) is 41.6 Å². The molecule has 110 valence electrons. The second-order valence-corrected chi connectivity index (χ2v) is 5.15. The summed E-state index contributed by atoms with van der Waals surface area (Å²) < 4.78 is 5.48. The van der Waals surface area contributed by atoms with Crippen molar-refractivity contribution in [2.24, 2.45) is 5.92 Å². The molecule has 0 saturated carbocycles. The third kappa shape index (κ3) is 3.58. The number of nitrogens with one attached hydrogen (secondary N) is 1. The van der Waals surface area contributed by atoms with Crippen molar-refractivity contribution in [3.8, 4) is 0 Å². The van der Waals surface area contributed by atoms with E-state index in [0.29, 0.717) is 19.8 Å². The van der Waals surface area contributed by atoms with Crippen molar-refractivity contribution < 1.29 is 9.53 Å². The second-order valence-electron chi connectivity index (χ2n) is 5.15. The number of likely N-dealkylation sites (N-methyl/N-ethyl adjacent to an activating group) is 1.